The quantitative estimate of drug-likeness (QED) is 0.669. The predicted molar refractivity (Wildman–Crippen MR) is 107 cm³/mol. The minimum atomic E-state index is -0.124. The number of fused-ring (bicyclic) bond motifs is 1. The molecule has 1 saturated heterocycles. The molecule has 4 heterocycles. The van der Waals surface area contributed by atoms with E-state index in [0.717, 1.165) is 37.0 Å². The number of rotatable bonds is 4. The Morgan fingerprint density at radius 3 is 2.78 bits per heavy atom. The number of aromatic nitrogens is 4. The van der Waals surface area contributed by atoms with E-state index in [4.69, 9.17) is 0 Å². The molecule has 3 aromatic rings. The van der Waals surface area contributed by atoms with Gasteiger partial charge in [0.1, 0.15) is 10.4 Å². The molecule has 8 nitrogen and oxygen atoms in total. The van der Waals surface area contributed by atoms with Gasteiger partial charge in [-0.05, 0) is 24.0 Å². The summed E-state index contributed by atoms with van der Waals surface area (Å²) in [5, 5.41) is 12.4. The third-order valence-corrected chi connectivity index (χ3v) is 6.63. The Kier molecular flexibility index (Phi) is 5.02. The Balaban J connectivity index is 1.43. The number of hydrogen-bond acceptors (Lipinski definition) is 8. The Hall–Kier alpha value is -2.17. The fourth-order valence-corrected chi connectivity index (χ4v) is 5.01. The first-order valence-electron chi connectivity index (χ1n) is 8.85. The van der Waals surface area contributed by atoms with Gasteiger partial charge in [-0.25, -0.2) is 4.57 Å². The SMILES string of the molecule is CC(=O)Nc1nnc(N2CCN([C@@H](C)c3ccc4scnc4[n+]3C)CC2)s1. The van der Waals surface area contributed by atoms with Crippen molar-refractivity contribution in [3.05, 3.63) is 23.3 Å². The van der Waals surface area contributed by atoms with Crippen LogP contribution in [0.2, 0.25) is 0 Å². The first kappa shape index (κ1) is 18.2. The zero-order valence-electron chi connectivity index (χ0n) is 15.5. The molecule has 0 bridgehead atoms. The second-order valence-corrected chi connectivity index (χ2v) is 8.47. The molecule has 3 aromatic heterocycles. The average molecular weight is 405 g/mol. The second kappa shape index (κ2) is 7.45. The van der Waals surface area contributed by atoms with Gasteiger partial charge < -0.3 is 10.2 Å². The van der Waals surface area contributed by atoms with Crippen LogP contribution in [0.15, 0.2) is 17.6 Å². The minimum absolute atomic E-state index is 0.124. The van der Waals surface area contributed by atoms with Gasteiger partial charge in [-0.2, -0.15) is 0 Å². The van der Waals surface area contributed by atoms with E-state index in [1.54, 1.807) is 11.3 Å². The van der Waals surface area contributed by atoms with Crippen LogP contribution in [0, 0.1) is 0 Å². The highest BCUT2D eigenvalue weighted by Gasteiger charge is 2.27. The maximum absolute atomic E-state index is 11.1. The van der Waals surface area contributed by atoms with Crippen molar-refractivity contribution in [2.24, 2.45) is 7.05 Å². The second-order valence-electron chi connectivity index (χ2n) is 6.63. The van der Waals surface area contributed by atoms with E-state index in [0.29, 0.717) is 11.2 Å². The largest absolute Gasteiger partial charge is 0.344 e. The van der Waals surface area contributed by atoms with Crippen LogP contribution in [-0.4, -0.2) is 52.2 Å². The highest BCUT2D eigenvalue weighted by atomic mass is 32.1. The minimum Gasteiger partial charge on any atom is -0.344 e. The Labute approximate surface area is 165 Å². The standard InChI is InChI=1S/C17H21N7OS2/c1-11(13-4-5-14-15(22(13)3)18-10-26-14)23-6-8-24(9-7-23)17-21-20-16(27-17)19-12(2)25/h4-5,10-11H,6-9H2,1-3H3/p+1/t11-/m0/s1. The molecule has 0 radical (unpaired) electrons. The number of aryl methyl sites for hydroxylation is 1. The van der Waals surface area contributed by atoms with Crippen molar-refractivity contribution in [3.63, 3.8) is 0 Å². The third kappa shape index (κ3) is 3.64. The van der Waals surface area contributed by atoms with Crippen molar-refractivity contribution in [3.8, 4) is 0 Å². The number of pyridine rings is 1. The molecule has 0 aliphatic carbocycles. The van der Waals surface area contributed by atoms with Crippen molar-refractivity contribution in [1.29, 1.82) is 0 Å². The fraction of sp³-hybridized carbons (Fsp3) is 0.471. The van der Waals surface area contributed by atoms with Gasteiger partial charge in [0.15, 0.2) is 5.51 Å². The van der Waals surface area contributed by atoms with Crippen molar-refractivity contribution in [2.45, 2.75) is 19.9 Å². The number of nitrogens with one attached hydrogen (secondary N) is 1. The molecule has 1 N–H and O–H groups in total. The summed E-state index contributed by atoms with van der Waals surface area (Å²) < 4.78 is 3.41. The van der Waals surface area contributed by atoms with Gasteiger partial charge in [0.05, 0.1) is 13.1 Å². The lowest BCUT2D eigenvalue weighted by Crippen LogP contribution is -2.49. The van der Waals surface area contributed by atoms with Crippen molar-refractivity contribution in [2.75, 3.05) is 36.4 Å². The molecule has 0 unspecified atom stereocenters. The van der Waals surface area contributed by atoms with Crippen LogP contribution >= 0.6 is 22.7 Å². The highest BCUT2D eigenvalue weighted by Crippen LogP contribution is 2.27. The van der Waals surface area contributed by atoms with Crippen molar-refractivity contribution >= 4 is 49.2 Å². The molecule has 142 valence electrons. The summed E-state index contributed by atoms with van der Waals surface area (Å²) >= 11 is 3.09. The number of piperazine rings is 1. The molecule has 0 spiro atoms. The number of nitrogens with zero attached hydrogens (tertiary/aromatic N) is 6. The molecular weight excluding hydrogens is 382 g/mol. The molecule has 10 heteroatoms. The fourth-order valence-electron chi connectivity index (χ4n) is 3.46. The van der Waals surface area contributed by atoms with Crippen LogP contribution in [-0.2, 0) is 11.8 Å². The number of carbonyl (C=O) groups is 1. The van der Waals surface area contributed by atoms with E-state index in [1.807, 2.05) is 5.51 Å². The molecule has 1 aliphatic rings. The zero-order valence-corrected chi connectivity index (χ0v) is 17.2. The normalized spacial score (nSPS) is 16.6. The van der Waals surface area contributed by atoms with Crippen LogP contribution in [0.5, 0.6) is 0 Å². The van der Waals surface area contributed by atoms with Crippen LogP contribution in [0.25, 0.3) is 10.3 Å². The van der Waals surface area contributed by atoms with E-state index < -0.39 is 0 Å². The van der Waals surface area contributed by atoms with Gasteiger partial charge >= 0.3 is 5.65 Å². The summed E-state index contributed by atoms with van der Waals surface area (Å²) in [6, 6.07) is 4.69. The maximum Gasteiger partial charge on any atom is 0.341 e. The summed E-state index contributed by atoms with van der Waals surface area (Å²) in [5.74, 6) is -0.124. The first-order chi connectivity index (χ1) is 13.0. The van der Waals surface area contributed by atoms with Crippen LogP contribution in [0.1, 0.15) is 25.6 Å². The Bertz CT molecular complexity index is 961. The smallest absolute Gasteiger partial charge is 0.341 e. The average Bonchev–Trinajstić information content (AvgIpc) is 3.31. The number of carbonyl (C=O) groups excluding carboxylic acids is 1. The van der Waals surface area contributed by atoms with Gasteiger partial charge in [-0.15, -0.1) is 10.2 Å². The molecule has 0 saturated carbocycles. The number of amides is 1. The van der Waals surface area contributed by atoms with Crippen molar-refractivity contribution < 1.29 is 9.36 Å². The summed E-state index contributed by atoms with van der Waals surface area (Å²) in [5.41, 5.74) is 4.21. The van der Waals surface area contributed by atoms with E-state index in [-0.39, 0.29) is 5.91 Å². The summed E-state index contributed by atoms with van der Waals surface area (Å²) in [7, 11) is 2.09. The molecule has 1 atom stereocenters. The van der Waals surface area contributed by atoms with Crippen molar-refractivity contribution in [1.82, 2.24) is 20.1 Å². The number of thiazole rings is 1. The molecular formula is C17H22N7OS2+. The summed E-state index contributed by atoms with van der Waals surface area (Å²) in [6.45, 7) is 7.41. The maximum atomic E-state index is 11.1. The van der Waals surface area contributed by atoms with E-state index in [2.05, 4.69) is 61.0 Å². The lowest BCUT2D eigenvalue weighted by atomic mass is 10.1. The third-order valence-electron chi connectivity index (χ3n) is 4.94. The molecule has 1 amide bonds. The van der Waals surface area contributed by atoms with Crippen LogP contribution < -0.4 is 14.8 Å². The van der Waals surface area contributed by atoms with Gasteiger partial charge in [0.25, 0.3) is 0 Å². The molecule has 27 heavy (non-hydrogen) atoms. The van der Waals surface area contributed by atoms with Gasteiger partial charge in [0, 0.05) is 33.1 Å². The molecule has 1 aliphatic heterocycles. The monoisotopic (exact) mass is 404 g/mol. The van der Waals surface area contributed by atoms with Gasteiger partial charge in [-0.3, -0.25) is 9.69 Å². The molecule has 0 aromatic carbocycles. The number of anilines is 2. The Morgan fingerprint density at radius 2 is 2.04 bits per heavy atom. The highest BCUT2D eigenvalue weighted by molar-refractivity contribution is 7.19. The van der Waals surface area contributed by atoms with E-state index >= 15 is 0 Å². The van der Waals surface area contributed by atoms with Crippen LogP contribution in [0.4, 0.5) is 10.3 Å². The predicted octanol–water partition coefficient (Wildman–Crippen LogP) is 1.81. The zero-order chi connectivity index (χ0) is 19.0. The topological polar surface area (TPSA) is 78.1 Å². The van der Waals surface area contributed by atoms with E-state index in [9.17, 15) is 4.79 Å². The summed E-state index contributed by atoms with van der Waals surface area (Å²) in [6.07, 6.45) is 0. The molecule has 1 fully saturated rings. The van der Waals surface area contributed by atoms with Gasteiger partial charge in [0.2, 0.25) is 16.2 Å². The Morgan fingerprint density at radius 1 is 1.26 bits per heavy atom. The first-order valence-corrected chi connectivity index (χ1v) is 10.5. The van der Waals surface area contributed by atoms with Gasteiger partial charge in [-0.1, -0.05) is 22.7 Å². The lowest BCUT2D eigenvalue weighted by molar-refractivity contribution is -0.657. The lowest BCUT2D eigenvalue weighted by Gasteiger charge is -2.37. The van der Waals surface area contributed by atoms with Crippen LogP contribution in [0.3, 0.4) is 0 Å². The molecule has 4 rings (SSSR count). The summed E-state index contributed by atoms with van der Waals surface area (Å²) in [4.78, 5) is 20.4. The number of hydrogen-bond donors (Lipinski definition) is 1. The van der Waals surface area contributed by atoms with E-state index in [1.165, 1.54) is 28.7 Å².